The molecule has 0 heterocycles. The third-order valence-electron chi connectivity index (χ3n) is 1.89. The molecule has 0 aliphatic carbocycles. The van der Waals surface area contributed by atoms with Crippen molar-refractivity contribution in [3.8, 4) is 5.75 Å². The number of hydrogen-bond donors (Lipinski definition) is 2. The van der Waals surface area contributed by atoms with E-state index in [2.05, 4.69) is 31.9 Å². The van der Waals surface area contributed by atoms with E-state index < -0.39 is 18.9 Å². The van der Waals surface area contributed by atoms with Gasteiger partial charge in [0.05, 0.1) is 4.47 Å². The van der Waals surface area contributed by atoms with Crippen LogP contribution in [-0.4, -0.2) is 11.5 Å². The monoisotopic (exact) mass is 379 g/mol. The molecule has 0 aliphatic heterocycles. The van der Waals surface area contributed by atoms with Crippen LogP contribution in [0, 0.1) is 0 Å². The molecule has 0 fully saturated rings. The molecule has 1 atom stereocenters. The van der Waals surface area contributed by atoms with Crippen molar-refractivity contribution in [1.82, 2.24) is 0 Å². The van der Waals surface area contributed by atoms with Gasteiger partial charge in [-0.05, 0) is 28.1 Å². The third kappa shape index (κ3) is 4.16. The predicted molar refractivity (Wildman–Crippen MR) is 68.3 cm³/mol. The van der Waals surface area contributed by atoms with Crippen LogP contribution in [0.3, 0.4) is 0 Å². The summed E-state index contributed by atoms with van der Waals surface area (Å²) < 4.78 is 25.3. The lowest BCUT2D eigenvalue weighted by molar-refractivity contribution is 0.128. The van der Waals surface area contributed by atoms with Crippen LogP contribution in [0.25, 0.3) is 0 Å². The molecule has 0 radical (unpaired) electrons. The van der Waals surface area contributed by atoms with E-state index in [1.165, 1.54) is 6.07 Å². The second kappa shape index (κ2) is 6.74. The van der Waals surface area contributed by atoms with Gasteiger partial charge in [0.1, 0.15) is 5.75 Å². The Labute approximate surface area is 115 Å². The summed E-state index contributed by atoms with van der Waals surface area (Å²) in [5, 5.41) is 9.61. The van der Waals surface area contributed by atoms with E-state index in [-0.39, 0.29) is 18.2 Å². The summed E-state index contributed by atoms with van der Waals surface area (Å²) in [5.74, 6) is -0.0913. The zero-order chi connectivity index (χ0) is 11.6. The zero-order valence-electron chi connectivity index (χ0n) is 7.96. The molecule has 0 bridgehead atoms. The summed E-state index contributed by atoms with van der Waals surface area (Å²) in [4.78, 5) is 0. The maximum absolute atomic E-state index is 12.1. The number of halogens is 5. The highest BCUT2D eigenvalue weighted by Gasteiger charge is 2.18. The minimum atomic E-state index is -2.49. The Morgan fingerprint density at radius 1 is 1.31 bits per heavy atom. The van der Waals surface area contributed by atoms with E-state index in [0.29, 0.717) is 14.5 Å². The molecule has 0 spiro atoms. The highest BCUT2D eigenvalue weighted by Crippen LogP contribution is 2.35. The van der Waals surface area contributed by atoms with Crippen LogP contribution >= 0.6 is 44.3 Å². The summed E-state index contributed by atoms with van der Waals surface area (Å²) >= 11 is 6.31. The first-order chi connectivity index (χ1) is 6.91. The van der Waals surface area contributed by atoms with E-state index in [1.807, 2.05) is 0 Å². The number of alkyl halides is 2. The number of aromatic hydroxyl groups is 1. The summed E-state index contributed by atoms with van der Waals surface area (Å²) in [6.07, 6.45) is -2.96. The fourth-order valence-electron chi connectivity index (χ4n) is 1.19. The van der Waals surface area contributed by atoms with Crippen molar-refractivity contribution in [2.75, 3.05) is 0 Å². The molecule has 16 heavy (non-hydrogen) atoms. The molecule has 0 unspecified atom stereocenters. The number of benzene rings is 1. The first-order valence-electron chi connectivity index (χ1n) is 4.13. The van der Waals surface area contributed by atoms with Crippen molar-refractivity contribution >= 4 is 44.3 Å². The van der Waals surface area contributed by atoms with E-state index in [9.17, 15) is 13.9 Å². The number of hydrogen-bond acceptors (Lipinski definition) is 2. The van der Waals surface area contributed by atoms with Crippen molar-refractivity contribution in [2.45, 2.75) is 18.9 Å². The Morgan fingerprint density at radius 3 is 2.38 bits per heavy atom. The standard InChI is InChI=1S/C9H9Br2F2NO.ClH/c10-4-1-5(7(14)3-8(12)13)9(15)6(11)2-4;/h1-2,7-8,15H,3,14H2;1H/t7-;/m1./s1. The average molecular weight is 381 g/mol. The molecular formula is C9H10Br2ClF2NO. The van der Waals surface area contributed by atoms with Crippen molar-refractivity contribution < 1.29 is 13.9 Å². The van der Waals surface area contributed by atoms with Crippen LogP contribution in [-0.2, 0) is 0 Å². The number of nitrogens with two attached hydrogens (primary N) is 1. The maximum Gasteiger partial charge on any atom is 0.240 e. The zero-order valence-corrected chi connectivity index (χ0v) is 11.9. The lowest BCUT2D eigenvalue weighted by Gasteiger charge is -2.14. The normalized spacial score (nSPS) is 12.4. The van der Waals surface area contributed by atoms with Gasteiger partial charge in [-0.15, -0.1) is 12.4 Å². The lowest BCUT2D eigenvalue weighted by Crippen LogP contribution is -2.14. The lowest BCUT2D eigenvalue weighted by atomic mass is 10.0. The molecule has 0 saturated heterocycles. The number of phenolic OH excluding ortho intramolecular Hbond substituents is 1. The molecule has 0 aromatic heterocycles. The SMILES string of the molecule is Cl.N[C@H](CC(F)F)c1cc(Br)cc(Br)c1O. The molecule has 92 valence electrons. The van der Waals surface area contributed by atoms with Crippen LogP contribution in [0.1, 0.15) is 18.0 Å². The topological polar surface area (TPSA) is 46.2 Å². The molecule has 3 N–H and O–H groups in total. The van der Waals surface area contributed by atoms with Gasteiger partial charge in [0.15, 0.2) is 0 Å². The van der Waals surface area contributed by atoms with E-state index >= 15 is 0 Å². The molecule has 1 aromatic rings. The molecule has 0 amide bonds. The Kier molecular flexibility index (Phi) is 6.77. The van der Waals surface area contributed by atoms with Gasteiger partial charge < -0.3 is 10.8 Å². The van der Waals surface area contributed by atoms with Gasteiger partial charge in [-0.25, -0.2) is 8.78 Å². The summed E-state index contributed by atoms with van der Waals surface area (Å²) in [6, 6.07) is 2.28. The Bertz CT molecular complexity index is 366. The van der Waals surface area contributed by atoms with Crippen molar-refractivity contribution in [1.29, 1.82) is 0 Å². The van der Waals surface area contributed by atoms with Gasteiger partial charge in [0, 0.05) is 22.5 Å². The van der Waals surface area contributed by atoms with Crippen LogP contribution in [0.2, 0.25) is 0 Å². The second-order valence-electron chi connectivity index (χ2n) is 3.06. The summed E-state index contributed by atoms with van der Waals surface area (Å²) in [7, 11) is 0. The van der Waals surface area contributed by atoms with Gasteiger partial charge in [-0.2, -0.15) is 0 Å². The molecule has 2 nitrogen and oxygen atoms in total. The molecule has 7 heteroatoms. The van der Waals surface area contributed by atoms with E-state index in [4.69, 9.17) is 5.73 Å². The van der Waals surface area contributed by atoms with E-state index in [0.717, 1.165) is 0 Å². The van der Waals surface area contributed by atoms with Gasteiger partial charge in [-0.3, -0.25) is 0 Å². The molecule has 0 saturated carbocycles. The first-order valence-corrected chi connectivity index (χ1v) is 5.72. The molecule has 1 rings (SSSR count). The third-order valence-corrected chi connectivity index (χ3v) is 2.95. The van der Waals surface area contributed by atoms with Crippen LogP contribution in [0.15, 0.2) is 21.1 Å². The van der Waals surface area contributed by atoms with Crippen molar-refractivity contribution in [3.05, 3.63) is 26.6 Å². The quantitative estimate of drug-likeness (QED) is 0.832. The molecule has 0 aliphatic rings. The largest absolute Gasteiger partial charge is 0.506 e. The highest BCUT2D eigenvalue weighted by molar-refractivity contribution is 9.11. The Morgan fingerprint density at radius 2 is 1.88 bits per heavy atom. The maximum atomic E-state index is 12.1. The number of phenols is 1. The van der Waals surface area contributed by atoms with Crippen LogP contribution < -0.4 is 5.73 Å². The smallest absolute Gasteiger partial charge is 0.240 e. The second-order valence-corrected chi connectivity index (χ2v) is 4.83. The predicted octanol–water partition coefficient (Wildman–Crippen LogP) is 3.99. The summed E-state index contributed by atoms with van der Waals surface area (Å²) in [6.45, 7) is 0. The molecular weight excluding hydrogens is 371 g/mol. The van der Waals surface area contributed by atoms with Gasteiger partial charge in [-0.1, -0.05) is 15.9 Å². The number of rotatable bonds is 3. The van der Waals surface area contributed by atoms with Gasteiger partial charge in [0.25, 0.3) is 0 Å². The van der Waals surface area contributed by atoms with Crippen molar-refractivity contribution in [2.24, 2.45) is 5.73 Å². The van der Waals surface area contributed by atoms with Gasteiger partial charge >= 0.3 is 0 Å². The van der Waals surface area contributed by atoms with Gasteiger partial charge in [0.2, 0.25) is 6.43 Å². The fraction of sp³-hybridized carbons (Fsp3) is 0.333. The minimum Gasteiger partial charge on any atom is -0.506 e. The minimum absolute atomic E-state index is 0. The average Bonchev–Trinajstić information content (AvgIpc) is 2.09. The Hall–Kier alpha value is 0.0900. The highest BCUT2D eigenvalue weighted by atomic mass is 79.9. The van der Waals surface area contributed by atoms with E-state index in [1.54, 1.807) is 6.07 Å². The summed E-state index contributed by atoms with van der Waals surface area (Å²) in [5.41, 5.74) is 5.86. The van der Waals surface area contributed by atoms with Crippen LogP contribution in [0.4, 0.5) is 8.78 Å². The molecule has 1 aromatic carbocycles. The Balaban J connectivity index is 0.00000225. The first kappa shape index (κ1) is 16.1. The fourth-order valence-corrected chi connectivity index (χ4v) is 2.45. The van der Waals surface area contributed by atoms with Crippen LogP contribution in [0.5, 0.6) is 5.75 Å². The van der Waals surface area contributed by atoms with Crippen molar-refractivity contribution in [3.63, 3.8) is 0 Å².